The molecule has 21 heavy (non-hydrogen) atoms. The molecule has 0 aliphatic carbocycles. The van der Waals surface area contributed by atoms with E-state index in [1.165, 1.54) is 9.75 Å². The average Bonchev–Trinajstić information content (AvgIpc) is 3.10. The van der Waals surface area contributed by atoms with Crippen LogP contribution in [0.25, 0.3) is 0 Å². The summed E-state index contributed by atoms with van der Waals surface area (Å²) < 4.78 is 0. The lowest BCUT2D eigenvalue weighted by atomic mass is 10.0. The molecule has 0 spiro atoms. The van der Waals surface area contributed by atoms with Crippen molar-refractivity contribution in [3.8, 4) is 0 Å². The molecule has 0 aliphatic rings. The van der Waals surface area contributed by atoms with Gasteiger partial charge in [0.2, 0.25) is 5.91 Å². The van der Waals surface area contributed by atoms with Gasteiger partial charge in [0, 0.05) is 22.2 Å². The zero-order valence-electron chi connectivity index (χ0n) is 12.5. The standard InChI is InChI=1S/C16H22N2OS2/c1-12(2)15(17)9-16(19)18(10-13-5-3-7-20-13)11-14-6-4-8-21-14/h3-8,12,15H,9-11,17H2,1-2H3. The Hall–Kier alpha value is -1.17. The van der Waals surface area contributed by atoms with Crippen molar-refractivity contribution in [1.29, 1.82) is 0 Å². The first kappa shape index (κ1) is 16.2. The van der Waals surface area contributed by atoms with Crippen molar-refractivity contribution in [3.63, 3.8) is 0 Å². The SMILES string of the molecule is CC(C)C(N)CC(=O)N(Cc1cccs1)Cc1cccs1. The first-order valence-corrected chi connectivity index (χ1v) is 8.90. The number of hydrogen-bond acceptors (Lipinski definition) is 4. The lowest BCUT2D eigenvalue weighted by molar-refractivity contribution is -0.133. The Morgan fingerprint density at radius 2 is 1.67 bits per heavy atom. The van der Waals surface area contributed by atoms with Gasteiger partial charge in [-0.3, -0.25) is 4.79 Å². The van der Waals surface area contributed by atoms with E-state index in [9.17, 15) is 4.79 Å². The maximum atomic E-state index is 12.6. The number of carbonyl (C=O) groups is 1. The zero-order valence-corrected chi connectivity index (χ0v) is 14.1. The van der Waals surface area contributed by atoms with E-state index in [1.54, 1.807) is 22.7 Å². The number of hydrogen-bond donors (Lipinski definition) is 1. The largest absolute Gasteiger partial charge is 0.332 e. The van der Waals surface area contributed by atoms with Gasteiger partial charge in [0.1, 0.15) is 0 Å². The van der Waals surface area contributed by atoms with Crippen LogP contribution in [0.5, 0.6) is 0 Å². The van der Waals surface area contributed by atoms with E-state index < -0.39 is 0 Å². The minimum atomic E-state index is -0.0772. The minimum Gasteiger partial charge on any atom is -0.332 e. The van der Waals surface area contributed by atoms with Crippen molar-refractivity contribution in [3.05, 3.63) is 44.8 Å². The highest BCUT2D eigenvalue weighted by Crippen LogP contribution is 2.18. The summed E-state index contributed by atoms with van der Waals surface area (Å²) in [7, 11) is 0. The zero-order chi connectivity index (χ0) is 15.2. The van der Waals surface area contributed by atoms with E-state index in [2.05, 4.69) is 26.0 Å². The van der Waals surface area contributed by atoms with Crippen LogP contribution < -0.4 is 5.73 Å². The van der Waals surface area contributed by atoms with Crippen LogP contribution in [-0.2, 0) is 17.9 Å². The van der Waals surface area contributed by atoms with Gasteiger partial charge in [0.05, 0.1) is 13.1 Å². The summed E-state index contributed by atoms with van der Waals surface area (Å²) in [5.41, 5.74) is 6.06. The van der Waals surface area contributed by atoms with Crippen molar-refractivity contribution < 1.29 is 4.79 Å². The lowest BCUT2D eigenvalue weighted by Crippen LogP contribution is -2.37. The molecule has 1 amide bonds. The Bertz CT molecular complexity index is 498. The molecule has 0 saturated heterocycles. The number of thiophene rings is 2. The highest BCUT2D eigenvalue weighted by atomic mass is 32.1. The lowest BCUT2D eigenvalue weighted by Gasteiger charge is -2.24. The van der Waals surface area contributed by atoms with Gasteiger partial charge < -0.3 is 10.6 Å². The highest BCUT2D eigenvalue weighted by molar-refractivity contribution is 7.10. The summed E-state index contributed by atoms with van der Waals surface area (Å²) in [6.45, 7) is 5.44. The van der Waals surface area contributed by atoms with Crippen LogP contribution >= 0.6 is 22.7 Å². The van der Waals surface area contributed by atoms with Gasteiger partial charge in [0.15, 0.2) is 0 Å². The molecular weight excluding hydrogens is 300 g/mol. The fourth-order valence-electron chi connectivity index (χ4n) is 1.98. The third-order valence-electron chi connectivity index (χ3n) is 3.47. The van der Waals surface area contributed by atoms with Crippen LogP contribution in [0.4, 0.5) is 0 Å². The third kappa shape index (κ3) is 4.95. The summed E-state index contributed by atoms with van der Waals surface area (Å²) in [5.74, 6) is 0.456. The van der Waals surface area contributed by atoms with Gasteiger partial charge in [-0.25, -0.2) is 0 Å². The predicted molar refractivity (Wildman–Crippen MR) is 90.3 cm³/mol. The molecule has 2 N–H and O–H groups in total. The van der Waals surface area contributed by atoms with Crippen LogP contribution in [0, 0.1) is 5.92 Å². The van der Waals surface area contributed by atoms with Gasteiger partial charge in [-0.1, -0.05) is 26.0 Å². The molecule has 1 atom stereocenters. The minimum absolute atomic E-state index is 0.0772. The van der Waals surface area contributed by atoms with E-state index in [-0.39, 0.29) is 11.9 Å². The maximum absolute atomic E-state index is 12.6. The second-order valence-electron chi connectivity index (χ2n) is 5.52. The molecule has 2 heterocycles. The van der Waals surface area contributed by atoms with Gasteiger partial charge in [-0.15, -0.1) is 22.7 Å². The van der Waals surface area contributed by atoms with Crippen LogP contribution in [0.1, 0.15) is 30.0 Å². The van der Waals surface area contributed by atoms with E-state index in [4.69, 9.17) is 5.73 Å². The third-order valence-corrected chi connectivity index (χ3v) is 5.20. The normalized spacial score (nSPS) is 12.6. The summed E-state index contributed by atoms with van der Waals surface area (Å²) in [5, 5.41) is 4.09. The van der Waals surface area contributed by atoms with Crippen LogP contribution in [0.3, 0.4) is 0 Å². The molecule has 1 unspecified atom stereocenters. The molecule has 0 bridgehead atoms. The number of rotatable bonds is 7. The number of nitrogens with two attached hydrogens (primary N) is 1. The van der Waals surface area contributed by atoms with E-state index in [0.29, 0.717) is 25.4 Å². The van der Waals surface area contributed by atoms with Gasteiger partial charge in [0.25, 0.3) is 0 Å². The topological polar surface area (TPSA) is 46.3 Å². The fraction of sp³-hybridized carbons (Fsp3) is 0.438. The second kappa shape index (κ2) is 7.73. The number of nitrogens with zero attached hydrogens (tertiary/aromatic N) is 1. The predicted octanol–water partition coefficient (Wildman–Crippen LogP) is 3.71. The summed E-state index contributed by atoms with van der Waals surface area (Å²) >= 11 is 3.37. The number of amides is 1. The molecule has 0 radical (unpaired) electrons. The van der Waals surface area contributed by atoms with Crippen molar-refractivity contribution >= 4 is 28.6 Å². The Morgan fingerprint density at radius 1 is 1.14 bits per heavy atom. The maximum Gasteiger partial charge on any atom is 0.224 e. The number of carbonyl (C=O) groups excluding carboxylic acids is 1. The van der Waals surface area contributed by atoms with E-state index in [1.807, 2.05) is 27.8 Å². The average molecular weight is 322 g/mol. The summed E-state index contributed by atoms with van der Waals surface area (Å²) in [6, 6.07) is 8.11. The Labute approximate surface area is 134 Å². The van der Waals surface area contributed by atoms with Gasteiger partial charge in [-0.05, 0) is 28.8 Å². The molecule has 2 rings (SSSR count). The Morgan fingerprint density at radius 3 is 2.05 bits per heavy atom. The molecule has 0 fully saturated rings. The Kier molecular flexibility index (Phi) is 5.96. The molecule has 0 aliphatic heterocycles. The molecule has 114 valence electrons. The monoisotopic (exact) mass is 322 g/mol. The second-order valence-corrected chi connectivity index (χ2v) is 7.59. The molecule has 0 aromatic carbocycles. The van der Waals surface area contributed by atoms with Crippen molar-refractivity contribution in [2.24, 2.45) is 11.7 Å². The molecule has 2 aromatic heterocycles. The molecule has 2 aromatic rings. The first-order valence-electron chi connectivity index (χ1n) is 7.14. The molecule has 3 nitrogen and oxygen atoms in total. The molecule has 5 heteroatoms. The fourth-order valence-corrected chi connectivity index (χ4v) is 3.42. The van der Waals surface area contributed by atoms with E-state index in [0.717, 1.165) is 0 Å². The van der Waals surface area contributed by atoms with Crippen molar-refractivity contribution in [2.45, 2.75) is 39.4 Å². The quantitative estimate of drug-likeness (QED) is 0.844. The molecular formula is C16H22N2OS2. The Balaban J connectivity index is 2.05. The van der Waals surface area contributed by atoms with Gasteiger partial charge in [-0.2, -0.15) is 0 Å². The van der Waals surface area contributed by atoms with Gasteiger partial charge >= 0.3 is 0 Å². The molecule has 0 saturated carbocycles. The van der Waals surface area contributed by atoms with Crippen LogP contribution in [0.15, 0.2) is 35.0 Å². The van der Waals surface area contributed by atoms with Crippen molar-refractivity contribution in [2.75, 3.05) is 0 Å². The van der Waals surface area contributed by atoms with Crippen LogP contribution in [-0.4, -0.2) is 16.8 Å². The summed E-state index contributed by atoms with van der Waals surface area (Å²) in [4.78, 5) is 16.9. The smallest absolute Gasteiger partial charge is 0.224 e. The van der Waals surface area contributed by atoms with Crippen LogP contribution in [0.2, 0.25) is 0 Å². The summed E-state index contributed by atoms with van der Waals surface area (Å²) in [6.07, 6.45) is 0.411. The van der Waals surface area contributed by atoms with E-state index >= 15 is 0 Å². The first-order chi connectivity index (χ1) is 10.1. The van der Waals surface area contributed by atoms with Crippen molar-refractivity contribution in [1.82, 2.24) is 4.90 Å². The highest BCUT2D eigenvalue weighted by Gasteiger charge is 2.20.